The predicted molar refractivity (Wildman–Crippen MR) is 152 cm³/mol. The zero-order chi connectivity index (χ0) is 28.0. The summed E-state index contributed by atoms with van der Waals surface area (Å²) in [5, 5.41) is 19.3. The van der Waals surface area contributed by atoms with Crippen LogP contribution in [0.1, 0.15) is 52.6 Å². The van der Waals surface area contributed by atoms with Crippen molar-refractivity contribution in [3.8, 4) is 0 Å². The lowest BCUT2D eigenvalue weighted by atomic mass is 9.98. The van der Waals surface area contributed by atoms with Gasteiger partial charge in [-0.15, -0.1) is 0 Å². The average Bonchev–Trinajstić information content (AvgIpc) is 2.89. The third kappa shape index (κ3) is 7.39. The molecule has 0 saturated carbocycles. The van der Waals surface area contributed by atoms with Gasteiger partial charge in [0.1, 0.15) is 0 Å². The zero-order valence-corrected chi connectivity index (χ0v) is 23.8. The molecular formula is C28H16Br2Cl2O6. The van der Waals surface area contributed by atoms with Gasteiger partial charge in [-0.3, -0.25) is 9.59 Å². The standard InChI is InChI=1S/2C14H8BrClO3/c15-9-3-6-11(14(18)19)12(7-9)13(17)8-1-4-10(16)5-2-8;15-9-3-6-11(12(7-9)14(18)19)13(17)8-1-4-10(16)5-2-8/h2*1-7H,(H,18,19). The summed E-state index contributed by atoms with van der Waals surface area (Å²) in [5.41, 5.74) is 1.03. The second-order valence-corrected chi connectivity index (χ2v) is 10.4. The Kier molecular flexibility index (Phi) is 9.99. The number of hydrogen-bond donors (Lipinski definition) is 2. The van der Waals surface area contributed by atoms with Gasteiger partial charge in [-0.1, -0.05) is 55.1 Å². The third-order valence-corrected chi connectivity index (χ3v) is 6.62. The van der Waals surface area contributed by atoms with E-state index in [1.54, 1.807) is 60.7 Å². The summed E-state index contributed by atoms with van der Waals surface area (Å²) in [5.74, 6) is -2.97. The molecule has 192 valence electrons. The number of carbonyl (C=O) groups excluding carboxylic acids is 2. The summed E-state index contributed by atoms with van der Waals surface area (Å²) in [6.07, 6.45) is 0. The van der Waals surface area contributed by atoms with Crippen LogP contribution in [-0.2, 0) is 0 Å². The maximum Gasteiger partial charge on any atom is 0.336 e. The molecule has 6 nitrogen and oxygen atoms in total. The molecule has 4 aromatic carbocycles. The van der Waals surface area contributed by atoms with Crippen molar-refractivity contribution < 1.29 is 29.4 Å². The Balaban J connectivity index is 0.000000211. The van der Waals surface area contributed by atoms with Gasteiger partial charge in [0.05, 0.1) is 11.1 Å². The fourth-order valence-corrected chi connectivity index (χ4v) is 4.27. The highest BCUT2D eigenvalue weighted by Gasteiger charge is 2.19. The molecule has 38 heavy (non-hydrogen) atoms. The minimum absolute atomic E-state index is 0.0249. The molecule has 0 aromatic heterocycles. The van der Waals surface area contributed by atoms with Crippen LogP contribution in [0.5, 0.6) is 0 Å². The number of rotatable bonds is 6. The molecule has 0 unspecified atom stereocenters. The number of ketones is 2. The van der Waals surface area contributed by atoms with Crippen molar-refractivity contribution in [3.63, 3.8) is 0 Å². The number of hydrogen-bond acceptors (Lipinski definition) is 4. The van der Waals surface area contributed by atoms with E-state index in [4.69, 9.17) is 33.4 Å². The number of benzene rings is 4. The van der Waals surface area contributed by atoms with Crippen LogP contribution in [0.15, 0.2) is 93.9 Å². The molecular weight excluding hydrogens is 663 g/mol. The first kappa shape index (κ1) is 29.3. The van der Waals surface area contributed by atoms with Crippen LogP contribution in [-0.4, -0.2) is 33.7 Å². The number of halogens is 4. The molecule has 0 amide bonds. The molecule has 0 aliphatic heterocycles. The van der Waals surface area contributed by atoms with Crippen molar-refractivity contribution in [3.05, 3.63) is 137 Å². The SMILES string of the molecule is O=C(O)c1cc(Br)ccc1C(=O)c1ccc(Cl)cc1.O=C(O)c1ccc(Br)cc1C(=O)c1ccc(Cl)cc1. The van der Waals surface area contributed by atoms with Crippen molar-refractivity contribution in [2.24, 2.45) is 0 Å². The Hall–Kier alpha value is -3.30. The summed E-state index contributed by atoms with van der Waals surface area (Å²) in [6.45, 7) is 0. The molecule has 0 saturated heterocycles. The van der Waals surface area contributed by atoms with Crippen LogP contribution in [0.25, 0.3) is 0 Å². The molecule has 10 heteroatoms. The first-order valence-electron chi connectivity index (χ1n) is 10.6. The predicted octanol–water partition coefficient (Wildman–Crippen LogP) is 8.06. The van der Waals surface area contributed by atoms with Crippen molar-refractivity contribution in [2.75, 3.05) is 0 Å². The van der Waals surface area contributed by atoms with Crippen LogP contribution < -0.4 is 0 Å². The highest BCUT2D eigenvalue weighted by Crippen LogP contribution is 2.22. The Morgan fingerprint density at radius 1 is 0.500 bits per heavy atom. The van der Waals surface area contributed by atoms with Crippen molar-refractivity contribution in [1.82, 2.24) is 0 Å². The van der Waals surface area contributed by atoms with E-state index in [1.807, 2.05) is 0 Å². The highest BCUT2D eigenvalue weighted by molar-refractivity contribution is 9.10. The van der Waals surface area contributed by atoms with Crippen LogP contribution in [0.4, 0.5) is 0 Å². The second kappa shape index (κ2) is 13.0. The summed E-state index contributed by atoms with van der Waals surface area (Å²) in [7, 11) is 0. The van der Waals surface area contributed by atoms with Crippen molar-refractivity contribution in [2.45, 2.75) is 0 Å². The molecule has 2 N–H and O–H groups in total. The summed E-state index contributed by atoms with van der Waals surface area (Å²) in [6, 6.07) is 21.7. The molecule has 0 bridgehead atoms. The molecule has 0 heterocycles. The van der Waals surface area contributed by atoms with Gasteiger partial charge in [0, 0.05) is 41.2 Å². The van der Waals surface area contributed by atoms with Crippen molar-refractivity contribution >= 4 is 78.6 Å². The van der Waals surface area contributed by atoms with Gasteiger partial charge in [-0.25, -0.2) is 9.59 Å². The number of carboxylic acids is 2. The van der Waals surface area contributed by atoms with Gasteiger partial charge in [0.25, 0.3) is 0 Å². The topological polar surface area (TPSA) is 109 Å². The maximum absolute atomic E-state index is 12.3. The van der Waals surface area contributed by atoms with Crippen LogP contribution in [0, 0.1) is 0 Å². The third-order valence-electron chi connectivity index (χ3n) is 5.13. The molecule has 4 aromatic rings. The zero-order valence-electron chi connectivity index (χ0n) is 19.1. The van der Waals surface area contributed by atoms with Gasteiger partial charge in [0.15, 0.2) is 11.6 Å². The Labute approximate surface area is 244 Å². The molecule has 0 spiro atoms. The van der Waals surface area contributed by atoms with Gasteiger partial charge in [0.2, 0.25) is 0 Å². The van der Waals surface area contributed by atoms with Crippen LogP contribution >= 0.6 is 55.1 Å². The Bertz CT molecular complexity index is 1530. The normalized spacial score (nSPS) is 10.2. The van der Waals surface area contributed by atoms with E-state index < -0.39 is 11.9 Å². The van der Waals surface area contributed by atoms with Crippen molar-refractivity contribution in [1.29, 1.82) is 0 Å². The van der Waals surface area contributed by atoms with Gasteiger partial charge >= 0.3 is 11.9 Å². The van der Waals surface area contributed by atoms with E-state index in [-0.39, 0.29) is 33.8 Å². The minimum Gasteiger partial charge on any atom is -0.478 e. The minimum atomic E-state index is -1.14. The fourth-order valence-electron chi connectivity index (χ4n) is 3.30. The Morgan fingerprint density at radius 3 is 1.29 bits per heavy atom. The maximum atomic E-state index is 12.3. The largest absolute Gasteiger partial charge is 0.478 e. The monoisotopic (exact) mass is 676 g/mol. The molecule has 0 aliphatic carbocycles. The fraction of sp³-hybridized carbons (Fsp3) is 0. The van der Waals surface area contributed by atoms with Gasteiger partial charge in [-0.2, -0.15) is 0 Å². The van der Waals surface area contributed by atoms with E-state index in [0.29, 0.717) is 30.1 Å². The average molecular weight is 679 g/mol. The van der Waals surface area contributed by atoms with Gasteiger partial charge < -0.3 is 10.2 Å². The van der Waals surface area contributed by atoms with E-state index in [9.17, 15) is 19.2 Å². The van der Waals surface area contributed by atoms with Crippen LogP contribution in [0.2, 0.25) is 10.0 Å². The lowest BCUT2D eigenvalue weighted by Crippen LogP contribution is -2.09. The first-order valence-corrected chi connectivity index (χ1v) is 13.0. The highest BCUT2D eigenvalue weighted by atomic mass is 79.9. The summed E-state index contributed by atoms with van der Waals surface area (Å²) >= 11 is 17.9. The number of carbonyl (C=O) groups is 4. The smallest absolute Gasteiger partial charge is 0.336 e. The van der Waals surface area contributed by atoms with E-state index >= 15 is 0 Å². The van der Waals surface area contributed by atoms with E-state index in [1.165, 1.54) is 24.3 Å². The molecule has 0 aliphatic rings. The molecule has 0 atom stereocenters. The van der Waals surface area contributed by atoms with E-state index in [2.05, 4.69) is 31.9 Å². The molecule has 0 fully saturated rings. The summed E-state index contributed by atoms with van der Waals surface area (Å²) in [4.78, 5) is 46.9. The summed E-state index contributed by atoms with van der Waals surface area (Å²) < 4.78 is 1.26. The Morgan fingerprint density at radius 2 is 0.868 bits per heavy atom. The number of aromatic carboxylic acids is 2. The lowest BCUT2D eigenvalue weighted by Gasteiger charge is -2.06. The van der Waals surface area contributed by atoms with E-state index in [0.717, 1.165) is 0 Å². The quantitative estimate of drug-likeness (QED) is 0.200. The number of carboxylic acid groups (broad SMARTS) is 2. The molecule has 4 rings (SSSR count). The molecule has 0 radical (unpaired) electrons. The second-order valence-electron chi connectivity index (χ2n) is 7.66. The first-order chi connectivity index (χ1) is 18.0. The lowest BCUT2D eigenvalue weighted by molar-refractivity contribution is 0.0683. The van der Waals surface area contributed by atoms with Gasteiger partial charge in [-0.05, 0) is 84.9 Å². The van der Waals surface area contributed by atoms with Crippen LogP contribution in [0.3, 0.4) is 0 Å².